The van der Waals surface area contributed by atoms with Crippen molar-refractivity contribution in [2.24, 2.45) is 5.92 Å². The zero-order valence-electron chi connectivity index (χ0n) is 14.6. The van der Waals surface area contributed by atoms with Crippen LogP contribution in [-0.2, 0) is 11.2 Å². The predicted octanol–water partition coefficient (Wildman–Crippen LogP) is 3.25. The van der Waals surface area contributed by atoms with E-state index in [9.17, 15) is 9.18 Å². The first-order valence-electron chi connectivity index (χ1n) is 8.55. The Morgan fingerprint density at radius 2 is 2.20 bits per heavy atom. The van der Waals surface area contributed by atoms with Crippen LogP contribution in [0.2, 0.25) is 0 Å². The second-order valence-corrected chi connectivity index (χ2v) is 6.66. The highest BCUT2D eigenvalue weighted by Gasteiger charge is 2.32. The summed E-state index contributed by atoms with van der Waals surface area (Å²) in [6, 6.07) is 8.55. The van der Waals surface area contributed by atoms with Crippen LogP contribution in [0.5, 0.6) is 0 Å². The molecule has 1 amide bonds. The van der Waals surface area contributed by atoms with E-state index in [0.717, 1.165) is 24.0 Å². The molecule has 0 N–H and O–H groups in total. The number of likely N-dealkylation sites (tertiary alicyclic amines) is 1. The average molecular weight is 342 g/mol. The van der Waals surface area contributed by atoms with Crippen LogP contribution < -0.4 is 0 Å². The summed E-state index contributed by atoms with van der Waals surface area (Å²) in [5.41, 5.74) is 2.54. The molecule has 1 saturated heterocycles. The molecule has 2 aromatic rings. The number of piperidine rings is 1. The molecule has 1 aromatic heterocycles. The summed E-state index contributed by atoms with van der Waals surface area (Å²) in [4.78, 5) is 18.6. The molecule has 0 saturated carbocycles. The first-order chi connectivity index (χ1) is 12.1. The normalized spacial score (nSPS) is 20.5. The van der Waals surface area contributed by atoms with Crippen molar-refractivity contribution in [1.82, 2.24) is 9.88 Å². The van der Waals surface area contributed by atoms with Crippen LogP contribution >= 0.6 is 0 Å². The number of aryl methyl sites for hydroxylation is 1. The predicted molar refractivity (Wildman–Crippen MR) is 93.9 cm³/mol. The van der Waals surface area contributed by atoms with Gasteiger partial charge in [-0.25, -0.2) is 4.39 Å². The van der Waals surface area contributed by atoms with Crippen LogP contribution in [0.4, 0.5) is 4.39 Å². The van der Waals surface area contributed by atoms with E-state index in [4.69, 9.17) is 4.74 Å². The van der Waals surface area contributed by atoms with E-state index >= 15 is 0 Å². The van der Waals surface area contributed by atoms with E-state index < -0.39 is 0 Å². The lowest BCUT2D eigenvalue weighted by atomic mass is 9.87. The highest BCUT2D eigenvalue weighted by atomic mass is 19.1. The third-order valence-corrected chi connectivity index (χ3v) is 4.79. The third-order valence-electron chi connectivity index (χ3n) is 4.79. The zero-order valence-corrected chi connectivity index (χ0v) is 14.6. The fourth-order valence-electron chi connectivity index (χ4n) is 3.47. The summed E-state index contributed by atoms with van der Waals surface area (Å²) in [7, 11) is 1.67. The van der Waals surface area contributed by atoms with Crippen LogP contribution in [0.3, 0.4) is 0 Å². The number of ether oxygens (including phenoxy) is 1. The van der Waals surface area contributed by atoms with E-state index in [1.54, 1.807) is 31.6 Å². The molecular formula is C20H23FN2O2. The Balaban J connectivity index is 1.68. The topological polar surface area (TPSA) is 42.4 Å². The minimum absolute atomic E-state index is 0.0116. The van der Waals surface area contributed by atoms with Crippen molar-refractivity contribution in [3.8, 4) is 0 Å². The van der Waals surface area contributed by atoms with Gasteiger partial charge in [-0.15, -0.1) is 0 Å². The fourth-order valence-corrected chi connectivity index (χ4v) is 3.47. The fraction of sp³-hybridized carbons (Fsp3) is 0.400. The minimum Gasteiger partial charge on any atom is -0.379 e. The highest BCUT2D eigenvalue weighted by molar-refractivity contribution is 5.94. The van der Waals surface area contributed by atoms with Crippen LogP contribution in [0.25, 0.3) is 0 Å². The largest absolute Gasteiger partial charge is 0.379 e. The van der Waals surface area contributed by atoms with Gasteiger partial charge in [0.25, 0.3) is 5.91 Å². The molecule has 0 aliphatic carbocycles. The van der Waals surface area contributed by atoms with Crippen molar-refractivity contribution in [1.29, 1.82) is 0 Å². The maximum atomic E-state index is 13.4. The van der Waals surface area contributed by atoms with E-state index in [2.05, 4.69) is 4.98 Å². The van der Waals surface area contributed by atoms with Crippen molar-refractivity contribution < 1.29 is 13.9 Å². The monoisotopic (exact) mass is 342 g/mol. The summed E-state index contributed by atoms with van der Waals surface area (Å²) in [5, 5.41) is 0. The lowest BCUT2D eigenvalue weighted by Crippen LogP contribution is -2.48. The van der Waals surface area contributed by atoms with Gasteiger partial charge in [-0.3, -0.25) is 9.78 Å². The van der Waals surface area contributed by atoms with Gasteiger partial charge in [-0.1, -0.05) is 12.1 Å². The van der Waals surface area contributed by atoms with Gasteiger partial charge in [0.05, 0.1) is 11.7 Å². The number of carbonyl (C=O) groups excluding carboxylic acids is 1. The molecule has 0 unspecified atom stereocenters. The number of halogens is 1. The number of carbonyl (C=O) groups is 1. The third kappa shape index (κ3) is 4.23. The molecule has 3 rings (SSSR count). The molecule has 25 heavy (non-hydrogen) atoms. The van der Waals surface area contributed by atoms with Crippen LogP contribution in [0.15, 0.2) is 42.7 Å². The number of rotatable bonds is 4. The van der Waals surface area contributed by atoms with Crippen molar-refractivity contribution >= 4 is 5.91 Å². The van der Waals surface area contributed by atoms with Crippen LogP contribution in [-0.4, -0.2) is 42.1 Å². The van der Waals surface area contributed by atoms with Crippen LogP contribution in [0, 0.1) is 18.7 Å². The summed E-state index contributed by atoms with van der Waals surface area (Å²) in [5.74, 6) is 0.0416. The Labute approximate surface area is 147 Å². The number of amides is 1. The van der Waals surface area contributed by atoms with Gasteiger partial charge >= 0.3 is 0 Å². The Morgan fingerprint density at radius 1 is 1.36 bits per heavy atom. The summed E-state index contributed by atoms with van der Waals surface area (Å²) in [6.07, 6.45) is 4.87. The van der Waals surface area contributed by atoms with Crippen molar-refractivity contribution in [2.75, 3.05) is 20.2 Å². The Morgan fingerprint density at radius 3 is 2.92 bits per heavy atom. The molecule has 132 valence electrons. The lowest BCUT2D eigenvalue weighted by molar-refractivity contribution is -0.00699. The highest BCUT2D eigenvalue weighted by Crippen LogP contribution is 2.25. The Kier molecular flexibility index (Phi) is 5.43. The number of nitrogens with zero attached hydrogens (tertiary/aromatic N) is 2. The number of aromatic nitrogens is 1. The summed E-state index contributed by atoms with van der Waals surface area (Å²) in [6.45, 7) is 3.14. The molecule has 2 atom stereocenters. The van der Waals surface area contributed by atoms with E-state index in [0.29, 0.717) is 18.7 Å². The minimum atomic E-state index is -0.217. The van der Waals surface area contributed by atoms with Crippen LogP contribution in [0.1, 0.15) is 27.9 Å². The Bertz CT molecular complexity index is 750. The van der Waals surface area contributed by atoms with E-state index in [1.165, 1.54) is 6.07 Å². The molecule has 2 heterocycles. The number of hydrogen-bond acceptors (Lipinski definition) is 3. The number of methoxy groups -OCH3 is 1. The molecule has 1 aliphatic rings. The Hall–Kier alpha value is -2.27. The van der Waals surface area contributed by atoms with Crippen molar-refractivity contribution in [3.63, 3.8) is 0 Å². The SMILES string of the molecule is CO[C@H]1CN(C(=O)c2cncc(C)c2)CC[C@@H]1Cc1cccc(F)c1. The second-order valence-electron chi connectivity index (χ2n) is 6.66. The van der Waals surface area contributed by atoms with E-state index in [-0.39, 0.29) is 23.7 Å². The van der Waals surface area contributed by atoms with Gasteiger partial charge < -0.3 is 9.64 Å². The molecule has 0 bridgehead atoms. The molecule has 4 nitrogen and oxygen atoms in total. The number of hydrogen-bond donors (Lipinski definition) is 0. The van der Waals surface area contributed by atoms with Gasteiger partial charge in [0.2, 0.25) is 0 Å². The first kappa shape index (κ1) is 17.5. The summed E-state index contributed by atoms with van der Waals surface area (Å²) < 4.78 is 19.0. The first-order valence-corrected chi connectivity index (χ1v) is 8.55. The van der Waals surface area contributed by atoms with Crippen molar-refractivity contribution in [3.05, 3.63) is 65.2 Å². The number of benzene rings is 1. The van der Waals surface area contributed by atoms with E-state index in [1.807, 2.05) is 24.0 Å². The maximum Gasteiger partial charge on any atom is 0.255 e. The van der Waals surface area contributed by atoms with Gasteiger partial charge in [0, 0.05) is 32.6 Å². The molecule has 1 aliphatic heterocycles. The zero-order chi connectivity index (χ0) is 17.8. The van der Waals surface area contributed by atoms with Gasteiger partial charge in [0.15, 0.2) is 0 Å². The van der Waals surface area contributed by atoms with Crippen molar-refractivity contribution in [2.45, 2.75) is 25.9 Å². The molecule has 0 radical (unpaired) electrons. The molecule has 5 heteroatoms. The molecule has 1 fully saturated rings. The molecular weight excluding hydrogens is 319 g/mol. The standard InChI is InChI=1S/C20H23FN2O2/c1-14-8-17(12-22-11-14)20(24)23-7-6-16(19(13-23)25-2)9-15-4-3-5-18(21)10-15/h3-5,8,10-12,16,19H,6-7,9,13H2,1-2H3/t16-,19+/m1/s1. The average Bonchev–Trinajstić information content (AvgIpc) is 2.61. The summed E-state index contributed by atoms with van der Waals surface area (Å²) >= 11 is 0. The quantitative estimate of drug-likeness (QED) is 0.857. The van der Waals surface area contributed by atoms with Gasteiger partial charge in [0.1, 0.15) is 5.82 Å². The molecule has 1 aromatic carbocycles. The number of pyridine rings is 1. The maximum absolute atomic E-state index is 13.4. The van der Waals surface area contributed by atoms with Gasteiger partial charge in [-0.2, -0.15) is 0 Å². The smallest absolute Gasteiger partial charge is 0.255 e. The second kappa shape index (κ2) is 7.74. The molecule has 0 spiro atoms. The van der Waals surface area contributed by atoms with Gasteiger partial charge in [-0.05, 0) is 55.0 Å². The lowest BCUT2D eigenvalue weighted by Gasteiger charge is -2.38.